The average Bonchev–Trinajstić information content (AvgIpc) is 3.00. The molecule has 1 N–H and O–H groups in total. The molecule has 0 aliphatic carbocycles. The number of benzene rings is 3. The Morgan fingerprint density at radius 2 is 1.38 bits per heavy atom. The van der Waals surface area contributed by atoms with E-state index in [1.807, 2.05) is 0 Å². The van der Waals surface area contributed by atoms with Crippen molar-refractivity contribution in [2.24, 2.45) is 0 Å². The van der Waals surface area contributed by atoms with E-state index in [0.717, 1.165) is 6.08 Å². The summed E-state index contributed by atoms with van der Waals surface area (Å²) in [6.07, 6.45) is 1.09. The Morgan fingerprint density at radius 3 is 1.95 bits per heavy atom. The summed E-state index contributed by atoms with van der Waals surface area (Å²) in [5.74, 6) is 1.58. The Bertz CT molecular complexity index is 1280. The van der Waals surface area contributed by atoms with Crippen LogP contribution in [0, 0.1) is 0 Å². The minimum atomic E-state index is -0.846. The maximum atomic E-state index is 12.5. The van der Waals surface area contributed by atoms with Gasteiger partial charge in [0.15, 0.2) is 0 Å². The molecule has 0 radical (unpaired) electrons. The number of allylic oxidation sites excluding steroid dienone is 1. The summed E-state index contributed by atoms with van der Waals surface area (Å²) in [5, 5.41) is 10.2. The van der Waals surface area contributed by atoms with Crippen LogP contribution in [0.1, 0.15) is 41.8 Å². The number of rotatable bonds is 18. The van der Waals surface area contributed by atoms with E-state index in [4.69, 9.17) is 33.5 Å². The van der Waals surface area contributed by atoms with E-state index in [1.165, 1.54) is 0 Å². The van der Waals surface area contributed by atoms with E-state index < -0.39 is 18.0 Å². The van der Waals surface area contributed by atoms with Crippen molar-refractivity contribution in [1.82, 2.24) is 0 Å². The zero-order valence-corrected chi connectivity index (χ0v) is 23.4. The maximum Gasteiger partial charge on any atom is 0.343 e. The highest BCUT2D eigenvalue weighted by molar-refractivity contribution is 5.91. The number of esters is 2. The molecule has 0 amide bonds. The van der Waals surface area contributed by atoms with Gasteiger partial charge in [-0.25, -0.2) is 9.59 Å². The number of aliphatic hydroxyl groups is 1. The molecule has 0 saturated carbocycles. The lowest BCUT2D eigenvalue weighted by Gasteiger charge is -2.12. The Labute approximate surface area is 244 Å². The molecule has 3 rings (SSSR count). The molecule has 0 aliphatic rings. The van der Waals surface area contributed by atoms with Crippen molar-refractivity contribution in [3.63, 3.8) is 0 Å². The van der Waals surface area contributed by atoms with Crippen LogP contribution in [0.3, 0.4) is 0 Å². The zero-order valence-electron chi connectivity index (χ0n) is 23.4. The molecule has 222 valence electrons. The van der Waals surface area contributed by atoms with Crippen molar-refractivity contribution >= 4 is 11.9 Å². The third-order valence-corrected chi connectivity index (χ3v) is 5.48. The fraction of sp³-hybridized carbons (Fsp3) is 0.250. The predicted molar refractivity (Wildman–Crippen MR) is 153 cm³/mol. The van der Waals surface area contributed by atoms with Gasteiger partial charge < -0.3 is 33.7 Å². The number of ether oxygens (including phenoxy) is 5. The van der Waals surface area contributed by atoms with E-state index in [1.54, 1.807) is 79.7 Å². The molecule has 0 bridgehead atoms. The molecule has 0 spiro atoms. The van der Waals surface area contributed by atoms with Gasteiger partial charge in [-0.3, -0.25) is 0 Å². The zero-order chi connectivity index (χ0) is 30.2. The van der Waals surface area contributed by atoms with Crippen molar-refractivity contribution in [1.29, 1.82) is 0 Å². The largest absolute Gasteiger partial charge is 0.494 e. The second kappa shape index (κ2) is 17.1. The van der Waals surface area contributed by atoms with Crippen LogP contribution < -0.4 is 18.9 Å². The molecule has 3 aromatic carbocycles. The molecule has 0 fully saturated rings. The van der Waals surface area contributed by atoms with Crippen molar-refractivity contribution in [3.05, 3.63) is 109 Å². The van der Waals surface area contributed by atoms with E-state index in [9.17, 15) is 14.7 Å². The fourth-order valence-corrected chi connectivity index (χ4v) is 3.36. The minimum Gasteiger partial charge on any atom is -0.494 e. The van der Waals surface area contributed by atoms with Gasteiger partial charge in [0.2, 0.25) is 6.79 Å². The summed E-state index contributed by atoms with van der Waals surface area (Å²) < 4.78 is 27.1. The summed E-state index contributed by atoms with van der Waals surface area (Å²) in [4.78, 5) is 33.4. The standard InChI is InChI=1S/C32H34O10/c1-4-31(34)37-21-18-30(33)24-6-8-25(9-7-24)32(35)41-29-16-14-28(15-17-29)39-22-38-27-12-10-26(11-13-27)36-19-5-20-40-42-23(2)3/h4,6-17,30,33H,1-2,5,18-22H2,3H3. The van der Waals surface area contributed by atoms with Crippen LogP contribution in [0.15, 0.2) is 97.8 Å². The summed E-state index contributed by atoms with van der Waals surface area (Å²) in [7, 11) is 0. The molecule has 3 aromatic rings. The number of carbonyl (C=O) groups is 2. The molecule has 10 nitrogen and oxygen atoms in total. The summed E-state index contributed by atoms with van der Waals surface area (Å²) in [6, 6.07) is 20.0. The summed E-state index contributed by atoms with van der Waals surface area (Å²) in [5.41, 5.74) is 0.901. The van der Waals surface area contributed by atoms with Crippen molar-refractivity contribution in [2.75, 3.05) is 26.6 Å². The van der Waals surface area contributed by atoms with Crippen LogP contribution in [-0.4, -0.2) is 43.7 Å². The van der Waals surface area contributed by atoms with E-state index >= 15 is 0 Å². The summed E-state index contributed by atoms with van der Waals surface area (Å²) in [6.45, 7) is 9.50. The quantitative estimate of drug-likeness (QED) is 0.0293. The normalized spacial score (nSPS) is 11.1. The lowest BCUT2D eigenvalue weighted by Crippen LogP contribution is -2.10. The number of carbonyl (C=O) groups excluding carboxylic acids is 2. The minimum absolute atomic E-state index is 0.0196. The van der Waals surface area contributed by atoms with Crippen LogP contribution in [0.25, 0.3) is 0 Å². The van der Waals surface area contributed by atoms with Gasteiger partial charge in [0, 0.05) is 18.9 Å². The van der Waals surface area contributed by atoms with Crippen LogP contribution in [0.4, 0.5) is 0 Å². The maximum absolute atomic E-state index is 12.5. The topological polar surface area (TPSA) is 119 Å². The van der Waals surface area contributed by atoms with Crippen molar-refractivity contribution in [2.45, 2.75) is 25.9 Å². The van der Waals surface area contributed by atoms with Gasteiger partial charge in [-0.15, -0.1) is 0 Å². The molecule has 0 aromatic heterocycles. The van der Waals surface area contributed by atoms with Gasteiger partial charge in [0.05, 0.1) is 31.5 Å². The molecule has 0 heterocycles. The number of aliphatic hydroxyl groups excluding tert-OH is 1. The molecule has 0 aliphatic heterocycles. The van der Waals surface area contributed by atoms with E-state index in [2.05, 4.69) is 13.2 Å². The lowest BCUT2D eigenvalue weighted by atomic mass is 10.0. The molecule has 0 saturated heterocycles. The van der Waals surface area contributed by atoms with Gasteiger partial charge >= 0.3 is 11.9 Å². The van der Waals surface area contributed by atoms with Crippen LogP contribution >= 0.6 is 0 Å². The van der Waals surface area contributed by atoms with E-state index in [0.29, 0.717) is 59.5 Å². The highest BCUT2D eigenvalue weighted by atomic mass is 17.2. The summed E-state index contributed by atoms with van der Waals surface area (Å²) >= 11 is 0. The van der Waals surface area contributed by atoms with Crippen LogP contribution in [0.2, 0.25) is 0 Å². The van der Waals surface area contributed by atoms with Crippen LogP contribution in [-0.2, 0) is 19.3 Å². The average molecular weight is 579 g/mol. The van der Waals surface area contributed by atoms with Crippen LogP contribution in [0.5, 0.6) is 23.0 Å². The number of hydrogen-bond donors (Lipinski definition) is 1. The SMILES string of the molecule is C=CC(=O)OCCC(O)c1ccc(C(=O)Oc2ccc(OCOc3ccc(OCCCOOC(=C)C)cc3)cc2)cc1. The third kappa shape index (κ3) is 11.4. The van der Waals surface area contributed by atoms with Gasteiger partial charge in [-0.2, -0.15) is 4.89 Å². The van der Waals surface area contributed by atoms with Crippen molar-refractivity contribution in [3.8, 4) is 23.0 Å². The Hall–Kier alpha value is -4.80. The van der Waals surface area contributed by atoms with Gasteiger partial charge in [-0.05, 0) is 73.2 Å². The third-order valence-electron chi connectivity index (χ3n) is 5.48. The van der Waals surface area contributed by atoms with Gasteiger partial charge in [-0.1, -0.05) is 25.3 Å². The first-order valence-corrected chi connectivity index (χ1v) is 13.2. The highest BCUT2D eigenvalue weighted by Crippen LogP contribution is 2.22. The Morgan fingerprint density at radius 1 is 0.810 bits per heavy atom. The lowest BCUT2D eigenvalue weighted by molar-refractivity contribution is -0.261. The second-order valence-corrected chi connectivity index (χ2v) is 8.85. The second-order valence-electron chi connectivity index (χ2n) is 8.85. The molecule has 1 unspecified atom stereocenters. The smallest absolute Gasteiger partial charge is 0.343 e. The first-order chi connectivity index (χ1) is 20.3. The molecular formula is C32H34O10. The predicted octanol–water partition coefficient (Wildman–Crippen LogP) is 5.72. The van der Waals surface area contributed by atoms with Gasteiger partial charge in [0.1, 0.15) is 28.8 Å². The number of hydrogen-bond acceptors (Lipinski definition) is 10. The Kier molecular flexibility index (Phi) is 12.9. The molecule has 10 heteroatoms. The first kappa shape index (κ1) is 31.7. The highest BCUT2D eigenvalue weighted by Gasteiger charge is 2.12. The molecule has 1 atom stereocenters. The molecular weight excluding hydrogens is 544 g/mol. The van der Waals surface area contributed by atoms with E-state index in [-0.39, 0.29) is 19.8 Å². The molecule has 42 heavy (non-hydrogen) atoms. The Balaban J connectivity index is 1.36. The first-order valence-electron chi connectivity index (χ1n) is 13.2. The van der Waals surface area contributed by atoms with Gasteiger partial charge in [0.25, 0.3) is 0 Å². The monoisotopic (exact) mass is 578 g/mol. The fourth-order valence-electron chi connectivity index (χ4n) is 3.36. The van der Waals surface area contributed by atoms with Crippen molar-refractivity contribution < 1.29 is 48.2 Å².